The second-order valence-corrected chi connectivity index (χ2v) is 6.25. The summed E-state index contributed by atoms with van der Waals surface area (Å²) in [5.74, 6) is 0.698. The van der Waals surface area contributed by atoms with Gasteiger partial charge in [0.25, 0.3) is 5.91 Å². The second kappa shape index (κ2) is 11.0. The summed E-state index contributed by atoms with van der Waals surface area (Å²) >= 11 is 0. The highest BCUT2D eigenvalue weighted by Gasteiger charge is 2.19. The van der Waals surface area contributed by atoms with Crippen LogP contribution in [0.2, 0.25) is 0 Å². The molecule has 0 saturated heterocycles. The Bertz CT molecular complexity index is 756. The number of nitrogens with one attached hydrogen (secondary N) is 1. The van der Waals surface area contributed by atoms with E-state index >= 15 is 0 Å². The molecule has 0 aliphatic heterocycles. The fraction of sp³-hybridized carbons (Fsp3) is 0.364. The number of ether oxygens (including phenoxy) is 3. The summed E-state index contributed by atoms with van der Waals surface area (Å²) in [7, 11) is 1.59. The van der Waals surface area contributed by atoms with Gasteiger partial charge in [0.15, 0.2) is 6.10 Å². The van der Waals surface area contributed by atoms with E-state index in [9.17, 15) is 9.59 Å². The lowest BCUT2D eigenvalue weighted by Gasteiger charge is -2.17. The molecule has 1 N–H and O–H groups in total. The first-order valence-electron chi connectivity index (χ1n) is 9.46. The summed E-state index contributed by atoms with van der Waals surface area (Å²) < 4.78 is 16.1. The third kappa shape index (κ3) is 6.30. The number of rotatable bonds is 10. The molecule has 28 heavy (non-hydrogen) atoms. The molecule has 0 bridgehead atoms. The first-order valence-corrected chi connectivity index (χ1v) is 9.46. The lowest BCUT2D eigenvalue weighted by Crippen LogP contribution is -2.32. The van der Waals surface area contributed by atoms with Crippen LogP contribution in [0.15, 0.2) is 48.5 Å². The van der Waals surface area contributed by atoms with E-state index in [0.29, 0.717) is 30.0 Å². The molecule has 1 atom stereocenters. The number of methoxy groups -OCH3 is 1. The van der Waals surface area contributed by atoms with E-state index in [1.807, 2.05) is 13.8 Å². The van der Waals surface area contributed by atoms with Gasteiger partial charge in [0.05, 0.1) is 19.3 Å². The van der Waals surface area contributed by atoms with E-state index < -0.39 is 6.10 Å². The van der Waals surface area contributed by atoms with Crippen LogP contribution in [0, 0.1) is 0 Å². The van der Waals surface area contributed by atoms with E-state index in [1.54, 1.807) is 55.6 Å². The molecule has 150 valence electrons. The molecule has 0 aliphatic rings. The van der Waals surface area contributed by atoms with Gasteiger partial charge in [0.2, 0.25) is 0 Å². The average Bonchev–Trinajstić information content (AvgIpc) is 2.73. The third-order valence-electron chi connectivity index (χ3n) is 4.12. The monoisotopic (exact) mass is 385 g/mol. The minimum absolute atomic E-state index is 0.253. The summed E-state index contributed by atoms with van der Waals surface area (Å²) in [5.41, 5.74) is 1.04. The van der Waals surface area contributed by atoms with Gasteiger partial charge in [0.1, 0.15) is 11.5 Å². The number of amides is 1. The number of benzene rings is 2. The zero-order chi connectivity index (χ0) is 20.4. The maximum absolute atomic E-state index is 12.5. The van der Waals surface area contributed by atoms with Gasteiger partial charge in [-0.25, -0.2) is 4.79 Å². The molecule has 0 unspecified atom stereocenters. The molecule has 1 amide bonds. The van der Waals surface area contributed by atoms with Crippen molar-refractivity contribution in [3.8, 4) is 11.5 Å². The molecule has 2 aromatic rings. The Balaban J connectivity index is 1.93. The van der Waals surface area contributed by atoms with Gasteiger partial charge in [-0.1, -0.05) is 20.3 Å². The Hall–Kier alpha value is -3.02. The number of anilines is 1. The van der Waals surface area contributed by atoms with Crippen molar-refractivity contribution in [2.24, 2.45) is 0 Å². The predicted molar refractivity (Wildman–Crippen MR) is 108 cm³/mol. The van der Waals surface area contributed by atoms with Crippen LogP contribution in [0.25, 0.3) is 0 Å². The van der Waals surface area contributed by atoms with Gasteiger partial charge in [-0.2, -0.15) is 0 Å². The quantitative estimate of drug-likeness (QED) is 0.483. The van der Waals surface area contributed by atoms with E-state index in [-0.39, 0.29) is 11.9 Å². The Labute approximate surface area is 165 Å². The molecule has 0 radical (unpaired) electrons. The predicted octanol–water partition coefficient (Wildman–Crippen LogP) is 4.45. The normalized spacial score (nSPS) is 11.4. The fourth-order valence-electron chi connectivity index (χ4n) is 2.45. The first kappa shape index (κ1) is 21.3. The van der Waals surface area contributed by atoms with Crippen molar-refractivity contribution < 1.29 is 23.8 Å². The summed E-state index contributed by atoms with van der Waals surface area (Å²) in [5, 5.41) is 2.81. The van der Waals surface area contributed by atoms with Crippen LogP contribution in [0.1, 0.15) is 43.5 Å². The van der Waals surface area contributed by atoms with Crippen LogP contribution >= 0.6 is 0 Å². The van der Waals surface area contributed by atoms with Crippen molar-refractivity contribution in [1.82, 2.24) is 0 Å². The largest absolute Gasteiger partial charge is 0.497 e. The van der Waals surface area contributed by atoms with Crippen LogP contribution in [-0.2, 0) is 9.53 Å². The van der Waals surface area contributed by atoms with Gasteiger partial charge in [0, 0.05) is 5.69 Å². The number of unbranched alkanes of at least 4 members (excludes halogenated alkanes) is 1. The molecule has 0 spiro atoms. The van der Waals surface area contributed by atoms with Crippen molar-refractivity contribution >= 4 is 17.6 Å². The number of esters is 1. The molecule has 2 aromatic carbocycles. The van der Waals surface area contributed by atoms with E-state index in [4.69, 9.17) is 14.2 Å². The molecule has 2 rings (SSSR count). The number of carbonyl (C=O) groups is 2. The summed E-state index contributed by atoms with van der Waals surface area (Å²) in [6.45, 7) is 4.32. The van der Waals surface area contributed by atoms with E-state index in [1.165, 1.54) is 0 Å². The maximum atomic E-state index is 12.5. The molecular weight excluding hydrogens is 358 g/mol. The molecule has 0 aromatic heterocycles. The molecule has 0 aliphatic carbocycles. The van der Waals surface area contributed by atoms with Crippen molar-refractivity contribution in [3.63, 3.8) is 0 Å². The smallest absolute Gasteiger partial charge is 0.338 e. The summed E-state index contributed by atoms with van der Waals surface area (Å²) in [6, 6.07) is 13.7. The van der Waals surface area contributed by atoms with Gasteiger partial charge < -0.3 is 19.5 Å². The van der Waals surface area contributed by atoms with Crippen LogP contribution in [0.3, 0.4) is 0 Å². The Kier molecular flexibility index (Phi) is 8.34. The highest BCUT2D eigenvalue weighted by molar-refractivity contribution is 5.95. The van der Waals surface area contributed by atoms with Crippen molar-refractivity contribution in [1.29, 1.82) is 0 Å². The zero-order valence-electron chi connectivity index (χ0n) is 16.6. The lowest BCUT2D eigenvalue weighted by atomic mass is 10.2. The van der Waals surface area contributed by atoms with Gasteiger partial charge >= 0.3 is 5.97 Å². The fourth-order valence-corrected chi connectivity index (χ4v) is 2.45. The highest BCUT2D eigenvalue weighted by atomic mass is 16.5. The van der Waals surface area contributed by atoms with Crippen LogP contribution in [-0.4, -0.2) is 31.7 Å². The van der Waals surface area contributed by atoms with Gasteiger partial charge in [-0.05, 0) is 61.4 Å². The minimum Gasteiger partial charge on any atom is -0.497 e. The SMILES string of the molecule is CCCCOC(=O)c1ccc(NC(=O)[C@@H](CC)Oc2ccc(OC)cc2)cc1. The van der Waals surface area contributed by atoms with Crippen molar-refractivity contribution in [3.05, 3.63) is 54.1 Å². The standard InChI is InChI=1S/C22H27NO5/c1-4-6-15-27-22(25)16-7-9-17(10-8-16)23-21(24)20(5-2)28-19-13-11-18(26-3)12-14-19/h7-14,20H,4-6,15H2,1-3H3,(H,23,24)/t20-/m1/s1. The van der Waals surface area contributed by atoms with Gasteiger partial charge in [-0.15, -0.1) is 0 Å². The number of hydrogen-bond acceptors (Lipinski definition) is 5. The number of hydrogen-bond donors (Lipinski definition) is 1. The first-order chi connectivity index (χ1) is 13.6. The molecule has 6 nitrogen and oxygen atoms in total. The number of carbonyl (C=O) groups excluding carboxylic acids is 2. The highest BCUT2D eigenvalue weighted by Crippen LogP contribution is 2.20. The molecule has 0 saturated carbocycles. The summed E-state index contributed by atoms with van der Waals surface area (Å²) in [4.78, 5) is 24.4. The molecule has 0 heterocycles. The second-order valence-electron chi connectivity index (χ2n) is 6.25. The minimum atomic E-state index is -0.632. The van der Waals surface area contributed by atoms with Crippen LogP contribution in [0.4, 0.5) is 5.69 Å². The topological polar surface area (TPSA) is 73.9 Å². The molecule has 6 heteroatoms. The maximum Gasteiger partial charge on any atom is 0.338 e. The van der Waals surface area contributed by atoms with E-state index in [2.05, 4.69) is 5.32 Å². The molecular formula is C22H27NO5. The van der Waals surface area contributed by atoms with Crippen LogP contribution in [0.5, 0.6) is 11.5 Å². The van der Waals surface area contributed by atoms with E-state index in [0.717, 1.165) is 18.6 Å². The Morgan fingerprint density at radius 2 is 1.61 bits per heavy atom. The summed E-state index contributed by atoms with van der Waals surface area (Å²) in [6.07, 6.45) is 1.69. The Morgan fingerprint density at radius 3 is 2.18 bits per heavy atom. The third-order valence-corrected chi connectivity index (χ3v) is 4.12. The van der Waals surface area contributed by atoms with Crippen molar-refractivity contribution in [2.45, 2.75) is 39.2 Å². The average molecular weight is 385 g/mol. The van der Waals surface area contributed by atoms with Gasteiger partial charge in [-0.3, -0.25) is 4.79 Å². The lowest BCUT2D eigenvalue weighted by molar-refractivity contribution is -0.122. The zero-order valence-corrected chi connectivity index (χ0v) is 16.6. The van der Waals surface area contributed by atoms with Crippen molar-refractivity contribution in [2.75, 3.05) is 19.0 Å². The van der Waals surface area contributed by atoms with Crippen LogP contribution < -0.4 is 14.8 Å². The Morgan fingerprint density at radius 1 is 0.964 bits per heavy atom. The molecule has 0 fully saturated rings.